The molecule has 0 saturated heterocycles. The molecule has 0 atom stereocenters. The first-order chi connectivity index (χ1) is 13.5. The van der Waals surface area contributed by atoms with Crippen LogP contribution in [0, 0.1) is 11.5 Å². The normalized spacial score (nSPS) is 12.3. The van der Waals surface area contributed by atoms with Crippen LogP contribution in [0.2, 0.25) is 0 Å². The second-order valence-electron chi connectivity index (χ2n) is 7.88. The average molecular weight is 414 g/mol. The van der Waals surface area contributed by atoms with Gasteiger partial charge in [-0.15, -0.1) is 0 Å². The van der Waals surface area contributed by atoms with E-state index in [9.17, 15) is 13.7 Å². The predicted molar refractivity (Wildman–Crippen MR) is 117 cm³/mol. The van der Waals surface area contributed by atoms with Crippen molar-refractivity contribution in [3.05, 3.63) is 65.2 Å². The molecule has 0 aromatic heterocycles. The summed E-state index contributed by atoms with van der Waals surface area (Å²) >= 11 is 0. The van der Waals surface area contributed by atoms with Gasteiger partial charge >= 0.3 is 0 Å². The first-order valence-electron chi connectivity index (χ1n) is 9.11. The van der Waals surface area contributed by atoms with Crippen molar-refractivity contribution in [3.63, 3.8) is 0 Å². The second kappa shape index (κ2) is 8.97. The Labute approximate surface area is 172 Å². The average Bonchev–Trinajstić information content (AvgIpc) is 2.64. The van der Waals surface area contributed by atoms with Gasteiger partial charge in [0.15, 0.2) is 6.19 Å². The number of nitrogens with two attached hydrogens (primary N) is 1. The van der Waals surface area contributed by atoms with Gasteiger partial charge in [-0.25, -0.2) is 18.3 Å². The number of guanidine groups is 1. The summed E-state index contributed by atoms with van der Waals surface area (Å²) in [6, 6.07) is 14.9. The maximum Gasteiger partial charge on any atom is 0.229 e. The highest BCUT2D eigenvalue weighted by atomic mass is 32.2. The van der Waals surface area contributed by atoms with Gasteiger partial charge in [0.1, 0.15) is 0 Å². The zero-order valence-corrected chi connectivity index (χ0v) is 18.0. The summed E-state index contributed by atoms with van der Waals surface area (Å²) < 4.78 is 24.9. The summed E-state index contributed by atoms with van der Waals surface area (Å²) in [4.78, 5) is 5.62. The van der Waals surface area contributed by atoms with Crippen LogP contribution < -0.4 is 10.5 Å². The van der Waals surface area contributed by atoms with Gasteiger partial charge in [0.2, 0.25) is 16.0 Å². The largest absolute Gasteiger partial charge is 0.369 e. The van der Waals surface area contributed by atoms with Crippen molar-refractivity contribution in [2.24, 2.45) is 10.7 Å². The van der Waals surface area contributed by atoms with Gasteiger partial charge in [-0.3, -0.25) is 4.72 Å². The van der Waals surface area contributed by atoms with E-state index >= 15 is 0 Å². The van der Waals surface area contributed by atoms with E-state index in [1.807, 2.05) is 18.3 Å². The van der Waals surface area contributed by atoms with Crippen molar-refractivity contribution in [1.29, 1.82) is 5.26 Å². The smallest absolute Gasteiger partial charge is 0.229 e. The zero-order chi connectivity index (χ0) is 21.7. The van der Waals surface area contributed by atoms with E-state index in [1.165, 1.54) is 10.5 Å². The van der Waals surface area contributed by atoms with E-state index in [-0.39, 0.29) is 17.9 Å². The molecule has 154 valence electrons. The molecule has 0 bridgehead atoms. The topological polar surface area (TPSA) is 112 Å². The molecule has 0 radical (unpaired) electrons. The van der Waals surface area contributed by atoms with E-state index in [0.29, 0.717) is 12.2 Å². The van der Waals surface area contributed by atoms with Gasteiger partial charge in [0.25, 0.3) is 0 Å². The van der Waals surface area contributed by atoms with Gasteiger partial charge in [-0.2, -0.15) is 5.26 Å². The number of nitrogens with zero attached hydrogens (tertiary/aromatic N) is 3. The Morgan fingerprint density at radius 3 is 2.14 bits per heavy atom. The van der Waals surface area contributed by atoms with E-state index in [0.717, 1.165) is 17.4 Å². The molecule has 0 aliphatic heterocycles. The summed E-state index contributed by atoms with van der Waals surface area (Å²) in [5, 5.41) is 9.41. The molecule has 29 heavy (non-hydrogen) atoms. The summed E-state index contributed by atoms with van der Waals surface area (Å²) in [6.07, 6.45) is 3.12. The molecule has 2 rings (SSSR count). The maximum absolute atomic E-state index is 11.3. The second-order valence-corrected chi connectivity index (χ2v) is 9.63. The van der Waals surface area contributed by atoms with Gasteiger partial charge in [0, 0.05) is 5.69 Å². The summed E-state index contributed by atoms with van der Waals surface area (Å²) in [6.45, 7) is 7.10. The molecule has 3 N–H and O–H groups in total. The molecular weight excluding hydrogens is 386 g/mol. The SMILES string of the molecule is CC(C)(C)c1ccc(CN=C(N)N(C#N)Cc2ccc(NS(C)(=O)=O)cc2)cc1. The number of benzene rings is 2. The summed E-state index contributed by atoms with van der Waals surface area (Å²) in [7, 11) is -3.33. The zero-order valence-electron chi connectivity index (χ0n) is 17.2. The third-order valence-electron chi connectivity index (χ3n) is 4.24. The van der Waals surface area contributed by atoms with Crippen molar-refractivity contribution in [2.75, 3.05) is 11.0 Å². The molecule has 2 aromatic rings. The number of rotatable bonds is 6. The highest BCUT2D eigenvalue weighted by molar-refractivity contribution is 7.92. The van der Waals surface area contributed by atoms with E-state index < -0.39 is 10.0 Å². The number of nitriles is 1. The number of anilines is 1. The molecule has 0 unspecified atom stereocenters. The summed E-state index contributed by atoms with van der Waals surface area (Å²) in [5.74, 6) is 0.130. The van der Waals surface area contributed by atoms with Gasteiger partial charge in [-0.05, 0) is 34.2 Å². The van der Waals surface area contributed by atoms with Crippen molar-refractivity contribution in [1.82, 2.24) is 4.90 Å². The van der Waals surface area contributed by atoms with Crippen molar-refractivity contribution in [3.8, 4) is 6.19 Å². The Morgan fingerprint density at radius 1 is 1.10 bits per heavy atom. The van der Waals surface area contributed by atoms with E-state index in [4.69, 9.17) is 5.73 Å². The Hall–Kier alpha value is -3.05. The van der Waals surface area contributed by atoms with Crippen LogP contribution in [0.25, 0.3) is 0 Å². The molecule has 0 saturated carbocycles. The lowest BCUT2D eigenvalue weighted by atomic mass is 9.87. The minimum Gasteiger partial charge on any atom is -0.369 e. The highest BCUT2D eigenvalue weighted by Crippen LogP contribution is 2.22. The number of aliphatic imine (C=N–C) groups is 1. The molecule has 0 spiro atoms. The lowest BCUT2D eigenvalue weighted by Crippen LogP contribution is -2.33. The quantitative estimate of drug-likeness (QED) is 0.327. The lowest BCUT2D eigenvalue weighted by Gasteiger charge is -2.19. The molecule has 8 heteroatoms. The van der Waals surface area contributed by atoms with Crippen molar-refractivity contribution in [2.45, 2.75) is 39.3 Å². The molecule has 0 heterocycles. The number of sulfonamides is 1. The minimum atomic E-state index is -3.33. The molecule has 0 aliphatic rings. The Balaban J connectivity index is 2.02. The monoisotopic (exact) mass is 413 g/mol. The molecule has 0 fully saturated rings. The molecule has 0 aliphatic carbocycles. The van der Waals surface area contributed by atoms with Crippen LogP contribution in [-0.2, 0) is 28.5 Å². The minimum absolute atomic E-state index is 0.0881. The van der Waals surface area contributed by atoms with Crippen molar-refractivity contribution >= 4 is 21.7 Å². The molecule has 0 amide bonds. The van der Waals surface area contributed by atoms with Crippen molar-refractivity contribution < 1.29 is 8.42 Å². The van der Waals surface area contributed by atoms with E-state index in [1.54, 1.807) is 24.3 Å². The van der Waals surface area contributed by atoms with Crippen LogP contribution in [0.1, 0.15) is 37.5 Å². The third kappa shape index (κ3) is 7.12. The van der Waals surface area contributed by atoms with Crippen LogP contribution in [-0.4, -0.2) is 25.5 Å². The fourth-order valence-corrected chi connectivity index (χ4v) is 3.17. The Bertz CT molecular complexity index is 999. The van der Waals surface area contributed by atoms with Crippen LogP contribution in [0.5, 0.6) is 0 Å². The fourth-order valence-electron chi connectivity index (χ4n) is 2.61. The first kappa shape index (κ1) is 22.2. The Kier molecular flexibility index (Phi) is 6.88. The Morgan fingerprint density at radius 2 is 1.66 bits per heavy atom. The number of hydrogen-bond acceptors (Lipinski definition) is 4. The maximum atomic E-state index is 11.3. The standard InChI is InChI=1S/C21H27N5O2S/c1-21(2,3)18-9-5-16(6-10-18)13-24-20(23)26(15-22)14-17-7-11-19(12-8-17)25-29(4,27)28/h5-12,25H,13-14H2,1-4H3,(H2,23,24). The summed E-state index contributed by atoms with van der Waals surface area (Å²) in [5.41, 5.74) is 9.60. The van der Waals surface area contributed by atoms with Crippen LogP contribution >= 0.6 is 0 Å². The fraction of sp³-hybridized carbons (Fsp3) is 0.333. The molecule has 2 aromatic carbocycles. The van der Waals surface area contributed by atoms with Gasteiger partial charge in [-0.1, -0.05) is 57.2 Å². The molecular formula is C21H27N5O2S. The van der Waals surface area contributed by atoms with Crippen LogP contribution in [0.15, 0.2) is 53.5 Å². The van der Waals surface area contributed by atoms with Crippen LogP contribution in [0.4, 0.5) is 5.69 Å². The third-order valence-corrected chi connectivity index (χ3v) is 4.85. The van der Waals surface area contributed by atoms with Crippen LogP contribution in [0.3, 0.4) is 0 Å². The van der Waals surface area contributed by atoms with Gasteiger partial charge < -0.3 is 5.73 Å². The van der Waals surface area contributed by atoms with Gasteiger partial charge in [0.05, 0.1) is 19.3 Å². The highest BCUT2D eigenvalue weighted by Gasteiger charge is 2.13. The lowest BCUT2D eigenvalue weighted by molar-refractivity contribution is 0.561. The number of hydrogen-bond donors (Lipinski definition) is 2. The van der Waals surface area contributed by atoms with E-state index in [2.05, 4.69) is 42.6 Å². The molecule has 7 nitrogen and oxygen atoms in total. The number of nitrogens with one attached hydrogen (secondary N) is 1. The first-order valence-corrected chi connectivity index (χ1v) is 11.0. The predicted octanol–water partition coefficient (Wildman–Crippen LogP) is 3.15.